The van der Waals surface area contributed by atoms with Crippen molar-refractivity contribution in [2.24, 2.45) is 5.16 Å². The van der Waals surface area contributed by atoms with E-state index >= 15 is 0 Å². The molecule has 1 aliphatic heterocycles. The maximum absolute atomic E-state index is 11.7. The number of Topliss-reactive ketones (excluding diaryl/α,β-unsaturated/α-hetero) is 4. The molecule has 0 atom stereocenters. The molecule has 1 saturated heterocycles. The zero-order chi connectivity index (χ0) is 31.0. The minimum atomic E-state index is -0.671. The molecule has 0 bridgehead atoms. The number of hydrogen-bond acceptors (Lipinski definition) is 11. The van der Waals surface area contributed by atoms with Gasteiger partial charge in [0, 0.05) is 59.9 Å². The van der Waals surface area contributed by atoms with Gasteiger partial charge >= 0.3 is 5.97 Å². The average Bonchev–Trinajstić information content (AvgIpc) is 2.96. The van der Waals surface area contributed by atoms with E-state index in [4.69, 9.17) is 4.74 Å². The first-order valence-corrected chi connectivity index (χ1v) is 12.9. The van der Waals surface area contributed by atoms with Gasteiger partial charge in [0.1, 0.15) is 5.71 Å². The molecule has 39 heavy (non-hydrogen) atoms. The number of ketones is 4. The van der Waals surface area contributed by atoms with Crippen LogP contribution in [0.15, 0.2) is 5.16 Å². The molecule has 11 heteroatoms. The molecule has 11 nitrogen and oxygen atoms in total. The molecule has 0 aromatic rings. The lowest BCUT2D eigenvalue weighted by Crippen LogP contribution is -2.54. The normalized spacial score (nSPS) is 13.2. The van der Waals surface area contributed by atoms with Crippen LogP contribution in [0.5, 0.6) is 0 Å². The van der Waals surface area contributed by atoms with Crippen LogP contribution < -0.4 is 0 Å². The summed E-state index contributed by atoms with van der Waals surface area (Å²) in [7, 11) is 2.89. The van der Waals surface area contributed by atoms with Gasteiger partial charge in [-0.1, -0.05) is 32.9 Å². The third-order valence-electron chi connectivity index (χ3n) is 5.36. The van der Waals surface area contributed by atoms with Crippen LogP contribution in [0, 0.1) is 12.3 Å². The highest BCUT2D eigenvalue weighted by molar-refractivity contribution is 6.38. The smallest absolute Gasteiger partial charge is 0.331 e. The van der Waals surface area contributed by atoms with Crippen molar-refractivity contribution in [2.45, 2.75) is 92.9 Å². The Morgan fingerprint density at radius 1 is 0.923 bits per heavy atom. The largest absolute Gasteiger partial charge is 0.379 e. The minimum Gasteiger partial charge on any atom is -0.379 e. The van der Waals surface area contributed by atoms with Gasteiger partial charge in [0.25, 0.3) is 0 Å². The number of nitrogens with zero attached hydrogens (tertiary/aromatic N) is 2. The van der Waals surface area contributed by atoms with E-state index in [1.165, 1.54) is 28.1 Å². The standard InChI is InChI=1S/C10H19NO2.C7H11NO3.C6H12O3.C5H6O/c1-4-9(12)10(2,3)11-5-7-13-8-6-11;1-4-7(10)5(2)8-11-6(3)9;1-4-5(7)6(8-2)9-3;1-3-5(6)4-2/h4-8H2,1-3H3;4H2,1-3H3;6H,4H2,1-3H3;1H,4H2,2H3. The third kappa shape index (κ3) is 19.9. The van der Waals surface area contributed by atoms with Crippen molar-refractivity contribution in [1.82, 2.24) is 4.90 Å². The minimum absolute atomic E-state index is 0.0278. The molecule has 0 radical (unpaired) electrons. The van der Waals surface area contributed by atoms with E-state index in [0.717, 1.165) is 26.3 Å². The number of rotatable bonds is 11. The van der Waals surface area contributed by atoms with E-state index in [-0.39, 0.29) is 28.6 Å². The molecule has 0 spiro atoms. The van der Waals surface area contributed by atoms with Crippen LogP contribution in [0.4, 0.5) is 0 Å². The van der Waals surface area contributed by atoms with Crippen molar-refractivity contribution >= 4 is 34.8 Å². The Morgan fingerprint density at radius 2 is 1.44 bits per heavy atom. The number of ether oxygens (including phenoxy) is 3. The number of morpholine rings is 1. The summed E-state index contributed by atoms with van der Waals surface area (Å²) in [5.41, 5.74) is -0.0823. The van der Waals surface area contributed by atoms with Gasteiger partial charge in [-0.05, 0) is 26.7 Å². The molecule has 0 N–H and O–H groups in total. The third-order valence-corrected chi connectivity index (χ3v) is 5.36. The molecule has 1 aliphatic rings. The Bertz CT molecular complexity index is 819. The lowest BCUT2D eigenvalue weighted by molar-refractivity contribution is -0.156. The molecule has 0 aliphatic carbocycles. The number of methoxy groups -OCH3 is 2. The molecule has 0 saturated carbocycles. The first kappa shape index (κ1) is 40.7. The number of carbonyl (C=O) groups is 5. The predicted octanol–water partition coefficient (Wildman–Crippen LogP) is 3.16. The number of hydrogen-bond donors (Lipinski definition) is 0. The van der Waals surface area contributed by atoms with Crippen LogP contribution in [0.1, 0.15) is 81.1 Å². The summed E-state index contributed by atoms with van der Waals surface area (Å²) in [6.07, 6.45) is 5.90. The van der Waals surface area contributed by atoms with Crippen molar-refractivity contribution in [1.29, 1.82) is 0 Å². The second-order valence-electron chi connectivity index (χ2n) is 8.52. The highest BCUT2D eigenvalue weighted by Crippen LogP contribution is 2.18. The van der Waals surface area contributed by atoms with E-state index in [9.17, 15) is 24.0 Å². The van der Waals surface area contributed by atoms with E-state index in [1.54, 1.807) is 20.8 Å². The maximum Gasteiger partial charge on any atom is 0.331 e. The summed E-state index contributed by atoms with van der Waals surface area (Å²) in [4.78, 5) is 59.8. The van der Waals surface area contributed by atoms with Gasteiger partial charge in [0.2, 0.25) is 12.1 Å². The Labute approximate surface area is 233 Å². The van der Waals surface area contributed by atoms with Gasteiger partial charge in [0.15, 0.2) is 17.3 Å². The van der Waals surface area contributed by atoms with Crippen molar-refractivity contribution < 1.29 is 43.0 Å². The predicted molar refractivity (Wildman–Crippen MR) is 149 cm³/mol. The van der Waals surface area contributed by atoms with E-state index in [0.29, 0.717) is 31.5 Å². The van der Waals surface area contributed by atoms with Crippen LogP contribution in [0.3, 0.4) is 0 Å². The SMILES string of the molecule is C#CC(=O)CC.CCC(=O)C(C)(C)N1CCOCC1.CCC(=O)C(C)=NOC(C)=O.CCC(=O)C(OC)OC. The van der Waals surface area contributed by atoms with Crippen LogP contribution in [-0.2, 0) is 43.0 Å². The van der Waals surface area contributed by atoms with Crippen LogP contribution in [0.2, 0.25) is 0 Å². The average molecular weight is 557 g/mol. The van der Waals surface area contributed by atoms with E-state index < -0.39 is 12.3 Å². The zero-order valence-electron chi connectivity index (χ0n) is 25.4. The van der Waals surface area contributed by atoms with Gasteiger partial charge in [-0.15, -0.1) is 6.42 Å². The van der Waals surface area contributed by atoms with Gasteiger partial charge in [0.05, 0.1) is 18.8 Å². The molecule has 0 aromatic heterocycles. The Morgan fingerprint density at radius 3 is 1.72 bits per heavy atom. The molecular formula is C28H48N2O9. The summed E-state index contributed by atoms with van der Waals surface area (Å²) in [6, 6.07) is 0. The molecule has 1 rings (SSSR count). The molecule has 1 heterocycles. The topological polar surface area (TPSA) is 138 Å². The van der Waals surface area contributed by atoms with E-state index in [2.05, 4.69) is 30.8 Å². The second-order valence-corrected chi connectivity index (χ2v) is 8.52. The highest BCUT2D eigenvalue weighted by atomic mass is 16.7. The first-order chi connectivity index (χ1) is 18.2. The van der Waals surface area contributed by atoms with Crippen LogP contribution >= 0.6 is 0 Å². The fraction of sp³-hybridized carbons (Fsp3) is 0.714. The quantitative estimate of drug-likeness (QED) is 0.0931. The number of terminal acetylenes is 1. The van der Waals surface area contributed by atoms with E-state index in [1.807, 2.05) is 26.7 Å². The zero-order valence-corrected chi connectivity index (χ0v) is 25.4. The summed E-state index contributed by atoms with van der Waals surface area (Å²) in [6.45, 7) is 17.1. The van der Waals surface area contributed by atoms with Crippen molar-refractivity contribution in [2.75, 3.05) is 40.5 Å². The fourth-order valence-corrected chi connectivity index (χ4v) is 2.80. The molecule has 0 amide bonds. The van der Waals surface area contributed by atoms with Gasteiger partial charge < -0.3 is 19.0 Å². The number of carbonyl (C=O) groups excluding carboxylic acids is 5. The van der Waals surface area contributed by atoms with Crippen LogP contribution in [0.25, 0.3) is 0 Å². The monoisotopic (exact) mass is 556 g/mol. The number of oxime groups is 1. The van der Waals surface area contributed by atoms with Gasteiger partial charge in [-0.2, -0.15) is 0 Å². The molecule has 0 aromatic carbocycles. The second kappa shape index (κ2) is 24.3. The van der Waals surface area contributed by atoms with Crippen LogP contribution in [-0.4, -0.2) is 92.1 Å². The Balaban J connectivity index is -0.000000459. The molecule has 1 fully saturated rings. The first-order valence-electron chi connectivity index (χ1n) is 12.9. The highest BCUT2D eigenvalue weighted by Gasteiger charge is 2.33. The lowest BCUT2D eigenvalue weighted by Gasteiger charge is -2.39. The summed E-state index contributed by atoms with van der Waals surface area (Å²) in [5.74, 6) is 1.49. The van der Waals surface area contributed by atoms with Gasteiger partial charge in [-0.3, -0.25) is 24.1 Å². The van der Waals surface area contributed by atoms with Crippen molar-refractivity contribution in [3.8, 4) is 12.3 Å². The van der Waals surface area contributed by atoms with Gasteiger partial charge in [-0.25, -0.2) is 4.79 Å². The lowest BCUT2D eigenvalue weighted by atomic mass is 9.94. The van der Waals surface area contributed by atoms with Crippen molar-refractivity contribution in [3.63, 3.8) is 0 Å². The summed E-state index contributed by atoms with van der Waals surface area (Å²) < 4.78 is 14.6. The fourth-order valence-electron chi connectivity index (χ4n) is 2.80. The Hall–Kier alpha value is -2.78. The summed E-state index contributed by atoms with van der Waals surface area (Å²) >= 11 is 0. The summed E-state index contributed by atoms with van der Waals surface area (Å²) in [5, 5.41) is 3.31. The molecule has 224 valence electrons. The maximum atomic E-state index is 11.7. The molecular weight excluding hydrogens is 508 g/mol. The Kier molecular flexibility index (Phi) is 25.3. The van der Waals surface area contributed by atoms with Crippen molar-refractivity contribution in [3.05, 3.63) is 0 Å². The molecule has 0 unspecified atom stereocenters.